The Bertz CT molecular complexity index is 842. The van der Waals surface area contributed by atoms with Crippen LogP contribution in [0.4, 0.5) is 0 Å². The molecule has 31 heavy (non-hydrogen) atoms. The van der Waals surface area contributed by atoms with Crippen LogP contribution in [0.3, 0.4) is 0 Å². The number of hydrogen-bond acceptors (Lipinski definition) is 6. The Hall–Kier alpha value is -2.19. The van der Waals surface area contributed by atoms with Crippen LogP contribution >= 0.6 is 0 Å². The Labute approximate surface area is 185 Å². The fourth-order valence-corrected chi connectivity index (χ4v) is 3.96. The molecule has 0 saturated heterocycles. The third-order valence-electron chi connectivity index (χ3n) is 5.67. The van der Waals surface area contributed by atoms with Crippen molar-refractivity contribution in [3.63, 3.8) is 0 Å². The van der Waals surface area contributed by atoms with Gasteiger partial charge in [-0.05, 0) is 43.4 Å². The van der Waals surface area contributed by atoms with Crippen LogP contribution in [-0.4, -0.2) is 52.3 Å². The molecule has 8 heteroatoms. The molecule has 1 N–H and O–H groups in total. The fourth-order valence-electron chi connectivity index (χ4n) is 3.96. The molecule has 2 aromatic rings. The van der Waals surface area contributed by atoms with E-state index in [9.17, 15) is 4.79 Å². The van der Waals surface area contributed by atoms with Crippen molar-refractivity contribution >= 4 is 5.91 Å². The molecule has 1 unspecified atom stereocenters. The number of amides is 1. The van der Waals surface area contributed by atoms with Gasteiger partial charge in [0.2, 0.25) is 0 Å². The number of nitrogens with zero attached hydrogens (tertiary/aromatic N) is 4. The van der Waals surface area contributed by atoms with E-state index in [1.807, 2.05) is 0 Å². The zero-order valence-corrected chi connectivity index (χ0v) is 19.6. The van der Waals surface area contributed by atoms with Gasteiger partial charge < -0.3 is 23.9 Å². The highest BCUT2D eigenvalue weighted by molar-refractivity contribution is 5.91. The maximum absolute atomic E-state index is 12.9. The van der Waals surface area contributed by atoms with Crippen molar-refractivity contribution in [2.45, 2.75) is 66.2 Å². The predicted octanol–water partition coefficient (Wildman–Crippen LogP) is 3.44. The first-order valence-electron chi connectivity index (χ1n) is 11.4. The number of carbonyl (C=O) groups is 1. The first-order chi connectivity index (χ1) is 14.9. The van der Waals surface area contributed by atoms with Crippen molar-refractivity contribution in [2.24, 2.45) is 11.8 Å². The minimum atomic E-state index is -0.238. The second-order valence-corrected chi connectivity index (χ2v) is 9.25. The highest BCUT2D eigenvalue weighted by Gasteiger charge is 2.27. The number of furan rings is 1. The van der Waals surface area contributed by atoms with Crippen molar-refractivity contribution < 1.29 is 13.9 Å². The van der Waals surface area contributed by atoms with Gasteiger partial charge in [-0.25, -0.2) is 0 Å². The third-order valence-corrected chi connectivity index (χ3v) is 5.67. The molecule has 3 heterocycles. The summed E-state index contributed by atoms with van der Waals surface area (Å²) in [5, 5.41) is 12.1. The van der Waals surface area contributed by atoms with E-state index in [-0.39, 0.29) is 17.7 Å². The molecule has 0 aromatic carbocycles. The van der Waals surface area contributed by atoms with E-state index < -0.39 is 0 Å². The van der Waals surface area contributed by atoms with Crippen molar-refractivity contribution in [1.82, 2.24) is 25.0 Å². The Morgan fingerprint density at radius 1 is 1.16 bits per heavy atom. The smallest absolute Gasteiger partial charge is 0.287 e. The first-order valence-corrected chi connectivity index (χ1v) is 11.4. The summed E-state index contributed by atoms with van der Waals surface area (Å²) in [7, 11) is 1.60. The Morgan fingerprint density at radius 2 is 1.97 bits per heavy atom. The lowest BCUT2D eigenvalue weighted by Crippen LogP contribution is -2.32. The van der Waals surface area contributed by atoms with E-state index in [0.717, 1.165) is 50.7 Å². The molecule has 0 bridgehead atoms. The molecule has 8 nitrogen and oxygen atoms in total. The van der Waals surface area contributed by atoms with Gasteiger partial charge >= 0.3 is 0 Å². The summed E-state index contributed by atoms with van der Waals surface area (Å²) in [6, 6.07) is 3.24. The maximum Gasteiger partial charge on any atom is 0.287 e. The molecule has 0 aliphatic carbocycles. The number of fused-ring (bicyclic) bond motifs is 1. The average Bonchev–Trinajstić information content (AvgIpc) is 3.29. The molecular weight excluding hydrogens is 394 g/mol. The molecule has 172 valence electrons. The van der Waals surface area contributed by atoms with Gasteiger partial charge in [-0.2, -0.15) is 0 Å². The first kappa shape index (κ1) is 23.5. The zero-order valence-electron chi connectivity index (χ0n) is 19.6. The second-order valence-electron chi connectivity index (χ2n) is 9.25. The maximum atomic E-state index is 12.9. The minimum Gasteiger partial charge on any atom is -0.453 e. The Morgan fingerprint density at radius 3 is 2.68 bits per heavy atom. The highest BCUT2D eigenvalue weighted by Crippen LogP contribution is 2.23. The molecule has 3 rings (SSSR count). The lowest BCUT2D eigenvalue weighted by molar-refractivity contribution is 0.0892. The number of aromatic nitrogens is 3. The number of hydrogen-bond donors (Lipinski definition) is 1. The fraction of sp³-hybridized carbons (Fsp3) is 0.696. The van der Waals surface area contributed by atoms with Gasteiger partial charge in [0, 0.05) is 33.2 Å². The zero-order chi connectivity index (χ0) is 22.4. The highest BCUT2D eigenvalue weighted by atomic mass is 16.5. The Balaban J connectivity index is 1.73. The quantitative estimate of drug-likeness (QED) is 0.620. The SMILES string of the molecule is COCc1ccc(C(=O)NC(CC(C)C)c2nnc3n2CCN(CCC(C)C)CC3)o1. The summed E-state index contributed by atoms with van der Waals surface area (Å²) >= 11 is 0. The molecule has 0 fully saturated rings. The number of methoxy groups -OCH3 is 1. The molecule has 0 radical (unpaired) electrons. The molecule has 1 atom stereocenters. The van der Waals surface area contributed by atoms with Gasteiger partial charge in [0.15, 0.2) is 11.6 Å². The normalized spacial score (nSPS) is 15.8. The molecular formula is C23H37N5O3. The average molecular weight is 432 g/mol. The Kier molecular flexibility index (Phi) is 8.26. The van der Waals surface area contributed by atoms with E-state index in [2.05, 4.69) is 52.7 Å². The third kappa shape index (κ3) is 6.40. The van der Waals surface area contributed by atoms with Crippen molar-refractivity contribution in [3.8, 4) is 0 Å². The monoisotopic (exact) mass is 431 g/mol. The lowest BCUT2D eigenvalue weighted by atomic mass is 10.0. The lowest BCUT2D eigenvalue weighted by Gasteiger charge is -2.22. The summed E-state index contributed by atoms with van der Waals surface area (Å²) in [4.78, 5) is 15.4. The van der Waals surface area contributed by atoms with Crippen molar-refractivity contribution in [2.75, 3.05) is 26.7 Å². The number of rotatable bonds is 10. The number of ether oxygens (including phenoxy) is 1. The second kappa shape index (κ2) is 10.9. The summed E-state index contributed by atoms with van der Waals surface area (Å²) in [6.45, 7) is 13.1. The van der Waals surface area contributed by atoms with Gasteiger partial charge in [0.1, 0.15) is 18.2 Å². The molecule has 2 aromatic heterocycles. The summed E-state index contributed by atoms with van der Waals surface area (Å²) < 4.78 is 12.9. The number of carbonyl (C=O) groups excluding carboxylic acids is 1. The molecule has 0 saturated carbocycles. The standard InChI is InChI=1S/C23H37N5O3/c1-16(2)8-10-27-11-9-21-25-26-22(28(21)13-12-27)19(14-17(3)4)24-23(29)20-7-6-18(31-20)15-30-5/h6-7,16-17,19H,8-15H2,1-5H3,(H,24,29). The van der Waals surface area contributed by atoms with Crippen molar-refractivity contribution in [1.29, 1.82) is 0 Å². The van der Waals surface area contributed by atoms with Crippen LogP contribution in [0.15, 0.2) is 16.5 Å². The van der Waals surface area contributed by atoms with Crippen LogP contribution in [0.25, 0.3) is 0 Å². The van der Waals surface area contributed by atoms with Crippen LogP contribution < -0.4 is 5.32 Å². The van der Waals surface area contributed by atoms with E-state index in [4.69, 9.17) is 9.15 Å². The summed E-state index contributed by atoms with van der Waals surface area (Å²) in [5.74, 6) is 3.62. The molecule has 0 spiro atoms. The van der Waals surface area contributed by atoms with Gasteiger partial charge in [-0.3, -0.25) is 4.79 Å². The van der Waals surface area contributed by atoms with Crippen LogP contribution in [-0.2, 0) is 24.3 Å². The van der Waals surface area contributed by atoms with E-state index in [0.29, 0.717) is 24.2 Å². The largest absolute Gasteiger partial charge is 0.453 e. The van der Waals surface area contributed by atoms with E-state index >= 15 is 0 Å². The van der Waals surface area contributed by atoms with Gasteiger partial charge in [0.05, 0.1) is 6.04 Å². The molecule has 1 amide bonds. The van der Waals surface area contributed by atoms with Crippen LogP contribution in [0.5, 0.6) is 0 Å². The molecule has 1 aliphatic rings. The van der Waals surface area contributed by atoms with Crippen molar-refractivity contribution in [3.05, 3.63) is 35.3 Å². The van der Waals surface area contributed by atoms with Crippen LogP contribution in [0.1, 0.15) is 74.5 Å². The van der Waals surface area contributed by atoms with Gasteiger partial charge in [0.25, 0.3) is 5.91 Å². The predicted molar refractivity (Wildman–Crippen MR) is 119 cm³/mol. The van der Waals surface area contributed by atoms with Gasteiger partial charge in [-0.1, -0.05) is 27.7 Å². The van der Waals surface area contributed by atoms with Crippen LogP contribution in [0, 0.1) is 11.8 Å². The summed E-state index contributed by atoms with van der Waals surface area (Å²) in [5.41, 5.74) is 0. The molecule has 1 aliphatic heterocycles. The number of nitrogens with one attached hydrogen (secondary N) is 1. The van der Waals surface area contributed by atoms with Gasteiger partial charge in [-0.15, -0.1) is 10.2 Å². The topological polar surface area (TPSA) is 85.4 Å². The summed E-state index contributed by atoms with van der Waals surface area (Å²) in [6.07, 6.45) is 2.87. The van der Waals surface area contributed by atoms with E-state index in [1.54, 1.807) is 19.2 Å². The minimum absolute atomic E-state index is 0.216. The van der Waals surface area contributed by atoms with Crippen LogP contribution in [0.2, 0.25) is 0 Å². The van der Waals surface area contributed by atoms with E-state index in [1.165, 1.54) is 6.42 Å².